The largest absolute Gasteiger partial charge is 0.497 e. The third-order valence-corrected chi connectivity index (χ3v) is 4.47. The molecular weight excluding hydrogens is 334 g/mol. The van der Waals surface area contributed by atoms with Crippen LogP contribution in [0.4, 0.5) is 5.69 Å². The van der Waals surface area contributed by atoms with E-state index in [4.69, 9.17) is 4.74 Å². The van der Waals surface area contributed by atoms with E-state index < -0.39 is 12.1 Å². The van der Waals surface area contributed by atoms with E-state index in [1.54, 1.807) is 7.11 Å². The number of methoxy groups -OCH3 is 1. The van der Waals surface area contributed by atoms with E-state index in [9.17, 15) is 10.1 Å². The molecule has 126 valence electrons. The SMILES string of the molecule is COc1ccc(C2NC(=O)C(C#N)=C(S)N2c2cccc(C)c2)cc1. The second kappa shape index (κ2) is 6.91. The molecule has 0 radical (unpaired) electrons. The van der Waals surface area contributed by atoms with Gasteiger partial charge in [0.2, 0.25) is 0 Å². The lowest BCUT2D eigenvalue weighted by atomic mass is 10.1. The molecule has 6 heteroatoms. The van der Waals surface area contributed by atoms with Crippen molar-refractivity contribution in [2.45, 2.75) is 13.1 Å². The molecule has 1 atom stereocenters. The van der Waals surface area contributed by atoms with Gasteiger partial charge in [-0.25, -0.2) is 0 Å². The molecule has 5 nitrogen and oxygen atoms in total. The molecule has 3 rings (SSSR count). The number of anilines is 1. The van der Waals surface area contributed by atoms with Crippen LogP contribution in [0.2, 0.25) is 0 Å². The predicted octanol–water partition coefficient (Wildman–Crippen LogP) is 3.30. The second-order valence-corrected chi connectivity index (χ2v) is 6.09. The second-order valence-electron chi connectivity index (χ2n) is 5.67. The topological polar surface area (TPSA) is 65.4 Å². The van der Waals surface area contributed by atoms with Crippen molar-refractivity contribution in [1.82, 2.24) is 5.32 Å². The Morgan fingerprint density at radius 1 is 1.24 bits per heavy atom. The van der Waals surface area contributed by atoms with Gasteiger partial charge in [-0.1, -0.05) is 24.3 Å². The average molecular weight is 351 g/mol. The summed E-state index contributed by atoms with van der Waals surface area (Å²) in [6, 6.07) is 17.2. The summed E-state index contributed by atoms with van der Waals surface area (Å²) >= 11 is 4.48. The van der Waals surface area contributed by atoms with Crippen molar-refractivity contribution in [3.63, 3.8) is 0 Å². The molecule has 2 aromatic carbocycles. The monoisotopic (exact) mass is 351 g/mol. The molecule has 0 saturated carbocycles. The van der Waals surface area contributed by atoms with Gasteiger partial charge in [0.05, 0.1) is 12.1 Å². The van der Waals surface area contributed by atoms with Gasteiger partial charge >= 0.3 is 0 Å². The van der Waals surface area contributed by atoms with Crippen LogP contribution in [0.15, 0.2) is 59.1 Å². The van der Waals surface area contributed by atoms with Crippen molar-refractivity contribution < 1.29 is 9.53 Å². The Morgan fingerprint density at radius 3 is 2.56 bits per heavy atom. The lowest BCUT2D eigenvalue weighted by Gasteiger charge is -2.38. The van der Waals surface area contributed by atoms with Crippen molar-refractivity contribution in [2.75, 3.05) is 12.0 Å². The van der Waals surface area contributed by atoms with E-state index in [1.165, 1.54) is 0 Å². The van der Waals surface area contributed by atoms with Gasteiger partial charge in [-0.3, -0.25) is 4.79 Å². The normalized spacial score (nSPS) is 17.1. The minimum absolute atomic E-state index is 0.00500. The number of hydrogen-bond donors (Lipinski definition) is 2. The highest BCUT2D eigenvalue weighted by molar-refractivity contribution is 7.84. The molecule has 1 amide bonds. The minimum Gasteiger partial charge on any atom is -0.497 e. The molecule has 0 spiro atoms. The van der Waals surface area contributed by atoms with Crippen LogP contribution in [0, 0.1) is 18.3 Å². The lowest BCUT2D eigenvalue weighted by Crippen LogP contribution is -2.46. The summed E-state index contributed by atoms with van der Waals surface area (Å²) in [4.78, 5) is 14.1. The van der Waals surface area contributed by atoms with Crippen LogP contribution in [0.5, 0.6) is 5.75 Å². The Bertz CT molecular complexity index is 884. The Labute approximate surface area is 151 Å². The van der Waals surface area contributed by atoms with Crippen molar-refractivity contribution >= 4 is 24.2 Å². The number of nitrogens with zero attached hydrogens (tertiary/aromatic N) is 2. The molecule has 0 aromatic heterocycles. The number of ether oxygens (including phenoxy) is 1. The molecule has 0 bridgehead atoms. The van der Waals surface area contributed by atoms with Gasteiger partial charge in [0.25, 0.3) is 5.91 Å². The summed E-state index contributed by atoms with van der Waals surface area (Å²) in [5.74, 6) is 0.296. The molecule has 1 aliphatic rings. The quantitative estimate of drug-likeness (QED) is 0.833. The Kier molecular flexibility index (Phi) is 4.68. The van der Waals surface area contributed by atoms with E-state index in [0.717, 1.165) is 22.6 Å². The summed E-state index contributed by atoms with van der Waals surface area (Å²) < 4.78 is 5.19. The zero-order valence-electron chi connectivity index (χ0n) is 13.9. The Hall–Kier alpha value is -2.91. The molecule has 1 heterocycles. The number of aryl methyl sites for hydroxylation is 1. The maximum atomic E-state index is 12.3. The van der Waals surface area contributed by atoms with Crippen LogP contribution < -0.4 is 15.0 Å². The average Bonchev–Trinajstić information content (AvgIpc) is 2.61. The number of amides is 1. The minimum atomic E-state index is -0.468. The zero-order chi connectivity index (χ0) is 18.0. The number of thiol groups is 1. The summed E-state index contributed by atoms with van der Waals surface area (Å²) in [6.45, 7) is 1.99. The molecule has 25 heavy (non-hydrogen) atoms. The molecule has 1 aliphatic heterocycles. The van der Waals surface area contributed by atoms with Crippen LogP contribution in [0.1, 0.15) is 17.3 Å². The number of nitriles is 1. The number of rotatable bonds is 3. The van der Waals surface area contributed by atoms with E-state index in [1.807, 2.05) is 66.4 Å². The molecular formula is C19H17N3O2S. The molecule has 0 saturated heterocycles. The molecule has 2 aromatic rings. The summed E-state index contributed by atoms with van der Waals surface area (Å²) in [5, 5.41) is 12.5. The molecule has 1 N–H and O–H groups in total. The maximum Gasteiger partial charge on any atom is 0.266 e. The fourth-order valence-corrected chi connectivity index (χ4v) is 3.16. The fraction of sp³-hybridized carbons (Fsp3) is 0.158. The van der Waals surface area contributed by atoms with Crippen LogP contribution >= 0.6 is 12.6 Å². The number of carbonyl (C=O) groups is 1. The van der Waals surface area contributed by atoms with Gasteiger partial charge in [0, 0.05) is 5.69 Å². The van der Waals surface area contributed by atoms with Gasteiger partial charge in [-0.2, -0.15) is 5.26 Å². The van der Waals surface area contributed by atoms with E-state index in [-0.39, 0.29) is 5.57 Å². The van der Waals surface area contributed by atoms with Gasteiger partial charge in [0.15, 0.2) is 0 Å². The van der Waals surface area contributed by atoms with E-state index >= 15 is 0 Å². The van der Waals surface area contributed by atoms with Crippen LogP contribution in [0.25, 0.3) is 0 Å². The number of hydrogen-bond acceptors (Lipinski definition) is 5. The van der Waals surface area contributed by atoms with Gasteiger partial charge in [0.1, 0.15) is 23.6 Å². The molecule has 0 aliphatic carbocycles. The number of nitrogens with one attached hydrogen (secondary N) is 1. The van der Waals surface area contributed by atoms with Gasteiger partial charge < -0.3 is 15.0 Å². The van der Waals surface area contributed by atoms with Gasteiger partial charge in [-0.05, 0) is 42.3 Å². The van der Waals surface area contributed by atoms with Gasteiger partial charge in [-0.15, -0.1) is 12.6 Å². The first kappa shape index (κ1) is 16.9. The first-order chi connectivity index (χ1) is 12.0. The Balaban J connectivity index is 2.13. The van der Waals surface area contributed by atoms with Crippen molar-refractivity contribution in [3.8, 4) is 11.8 Å². The van der Waals surface area contributed by atoms with Crippen molar-refractivity contribution in [1.29, 1.82) is 5.26 Å². The molecule has 0 fully saturated rings. The smallest absolute Gasteiger partial charge is 0.266 e. The van der Waals surface area contributed by atoms with Crippen LogP contribution in [-0.4, -0.2) is 13.0 Å². The Morgan fingerprint density at radius 2 is 1.96 bits per heavy atom. The fourth-order valence-electron chi connectivity index (χ4n) is 2.77. The highest BCUT2D eigenvalue weighted by Gasteiger charge is 2.33. The maximum absolute atomic E-state index is 12.3. The van der Waals surface area contributed by atoms with E-state index in [0.29, 0.717) is 5.03 Å². The first-order valence-corrected chi connectivity index (χ1v) is 8.14. The lowest BCUT2D eigenvalue weighted by molar-refractivity contribution is -0.118. The summed E-state index contributed by atoms with van der Waals surface area (Å²) in [6.07, 6.45) is -0.468. The standard InChI is InChI=1S/C19H17N3O2S/c1-12-4-3-5-14(10-12)22-17(13-6-8-15(24-2)9-7-13)21-18(23)16(11-20)19(22)25/h3-10,17,25H,1-2H3,(H,21,23). The van der Waals surface area contributed by atoms with Crippen molar-refractivity contribution in [2.24, 2.45) is 0 Å². The van der Waals surface area contributed by atoms with Crippen LogP contribution in [-0.2, 0) is 4.79 Å². The first-order valence-electron chi connectivity index (χ1n) is 7.69. The summed E-state index contributed by atoms with van der Waals surface area (Å²) in [7, 11) is 1.60. The highest BCUT2D eigenvalue weighted by Crippen LogP contribution is 2.36. The zero-order valence-corrected chi connectivity index (χ0v) is 14.7. The summed E-state index contributed by atoms with van der Waals surface area (Å²) in [5.41, 5.74) is 2.77. The van der Waals surface area contributed by atoms with Crippen LogP contribution in [0.3, 0.4) is 0 Å². The molecule has 1 unspecified atom stereocenters. The van der Waals surface area contributed by atoms with E-state index in [2.05, 4.69) is 17.9 Å². The third-order valence-electron chi connectivity index (χ3n) is 4.03. The number of benzene rings is 2. The van der Waals surface area contributed by atoms with Crippen molar-refractivity contribution in [3.05, 3.63) is 70.3 Å². The predicted molar refractivity (Wildman–Crippen MR) is 99.2 cm³/mol. The number of carbonyl (C=O) groups excluding carboxylic acids is 1. The third kappa shape index (κ3) is 3.19. The highest BCUT2D eigenvalue weighted by atomic mass is 32.1.